The summed E-state index contributed by atoms with van der Waals surface area (Å²) in [6.45, 7) is 6.27. The minimum atomic E-state index is -0.193. The number of benzene rings is 1. The molecule has 3 aromatic rings. The molecule has 0 atom stereocenters. The van der Waals surface area contributed by atoms with Crippen molar-refractivity contribution < 1.29 is 9.53 Å². The molecule has 0 saturated carbocycles. The summed E-state index contributed by atoms with van der Waals surface area (Å²) in [5, 5.41) is 2.92. The first kappa shape index (κ1) is 17.4. The van der Waals surface area contributed by atoms with Crippen LogP contribution in [0.2, 0.25) is 0 Å². The van der Waals surface area contributed by atoms with Crippen molar-refractivity contribution in [1.82, 2.24) is 19.9 Å². The smallest absolute Gasteiger partial charge is 0.255 e. The molecule has 2 aromatic heterocycles. The SMILES string of the molecule is C=CCOc1ccccc1C(=O)NCc1ccnc(-n2ccnc2C)c1. The maximum absolute atomic E-state index is 12.5. The van der Waals surface area contributed by atoms with E-state index in [1.54, 1.807) is 30.6 Å². The molecule has 2 heterocycles. The Hall–Kier alpha value is -3.41. The summed E-state index contributed by atoms with van der Waals surface area (Å²) >= 11 is 0. The Morgan fingerprint density at radius 1 is 1.27 bits per heavy atom. The van der Waals surface area contributed by atoms with Crippen molar-refractivity contribution in [2.24, 2.45) is 0 Å². The first-order valence-electron chi connectivity index (χ1n) is 8.25. The summed E-state index contributed by atoms with van der Waals surface area (Å²) in [5.41, 5.74) is 1.44. The predicted molar refractivity (Wildman–Crippen MR) is 99.4 cm³/mol. The highest BCUT2D eigenvalue weighted by atomic mass is 16.5. The van der Waals surface area contributed by atoms with E-state index >= 15 is 0 Å². The molecule has 0 saturated heterocycles. The molecule has 0 aliphatic rings. The van der Waals surface area contributed by atoms with E-state index in [-0.39, 0.29) is 5.91 Å². The second-order valence-electron chi connectivity index (χ2n) is 5.65. The Labute approximate surface area is 152 Å². The van der Waals surface area contributed by atoms with Gasteiger partial charge in [-0.05, 0) is 36.8 Å². The molecule has 132 valence electrons. The van der Waals surface area contributed by atoms with Gasteiger partial charge in [-0.3, -0.25) is 9.36 Å². The molecule has 0 aliphatic heterocycles. The van der Waals surface area contributed by atoms with E-state index in [1.807, 2.05) is 42.0 Å². The van der Waals surface area contributed by atoms with Crippen molar-refractivity contribution in [1.29, 1.82) is 0 Å². The fourth-order valence-corrected chi connectivity index (χ4v) is 2.53. The van der Waals surface area contributed by atoms with E-state index in [1.165, 1.54) is 0 Å². The zero-order chi connectivity index (χ0) is 18.4. The third-order valence-electron chi connectivity index (χ3n) is 3.82. The molecule has 6 nitrogen and oxygen atoms in total. The number of rotatable bonds is 7. The molecule has 1 amide bonds. The van der Waals surface area contributed by atoms with Gasteiger partial charge < -0.3 is 10.1 Å². The predicted octanol–water partition coefficient (Wildman–Crippen LogP) is 3.07. The molecule has 0 aliphatic carbocycles. The highest BCUT2D eigenvalue weighted by molar-refractivity contribution is 5.96. The fourth-order valence-electron chi connectivity index (χ4n) is 2.53. The zero-order valence-corrected chi connectivity index (χ0v) is 14.6. The van der Waals surface area contributed by atoms with E-state index in [9.17, 15) is 4.79 Å². The van der Waals surface area contributed by atoms with Gasteiger partial charge in [0.15, 0.2) is 0 Å². The molecule has 1 N–H and O–H groups in total. The van der Waals surface area contributed by atoms with Crippen molar-refractivity contribution in [3.05, 3.63) is 84.6 Å². The second-order valence-corrected chi connectivity index (χ2v) is 5.65. The van der Waals surface area contributed by atoms with E-state index < -0.39 is 0 Å². The van der Waals surface area contributed by atoms with Crippen LogP contribution in [0, 0.1) is 6.92 Å². The lowest BCUT2D eigenvalue weighted by atomic mass is 10.1. The van der Waals surface area contributed by atoms with Gasteiger partial charge in [0, 0.05) is 25.1 Å². The normalized spacial score (nSPS) is 10.3. The van der Waals surface area contributed by atoms with Crippen molar-refractivity contribution in [3.63, 3.8) is 0 Å². The summed E-state index contributed by atoms with van der Waals surface area (Å²) in [4.78, 5) is 21.1. The molecule has 3 rings (SSSR count). The third-order valence-corrected chi connectivity index (χ3v) is 3.82. The number of carbonyl (C=O) groups is 1. The number of imidazole rings is 1. The van der Waals surface area contributed by atoms with E-state index in [0.717, 1.165) is 17.2 Å². The van der Waals surface area contributed by atoms with Gasteiger partial charge in [-0.2, -0.15) is 0 Å². The van der Waals surface area contributed by atoms with Crippen LogP contribution in [-0.4, -0.2) is 27.0 Å². The minimum absolute atomic E-state index is 0.193. The number of hydrogen-bond acceptors (Lipinski definition) is 4. The first-order valence-corrected chi connectivity index (χ1v) is 8.25. The Morgan fingerprint density at radius 2 is 2.12 bits per heavy atom. The van der Waals surface area contributed by atoms with Crippen LogP contribution in [0.15, 0.2) is 67.6 Å². The highest BCUT2D eigenvalue weighted by Crippen LogP contribution is 2.18. The number of carbonyl (C=O) groups excluding carboxylic acids is 1. The van der Waals surface area contributed by atoms with Crippen LogP contribution < -0.4 is 10.1 Å². The van der Waals surface area contributed by atoms with Gasteiger partial charge >= 0.3 is 0 Å². The number of pyridine rings is 1. The molecular weight excluding hydrogens is 328 g/mol. The van der Waals surface area contributed by atoms with Crippen molar-refractivity contribution >= 4 is 5.91 Å². The monoisotopic (exact) mass is 348 g/mol. The highest BCUT2D eigenvalue weighted by Gasteiger charge is 2.12. The topological polar surface area (TPSA) is 69.0 Å². The fraction of sp³-hybridized carbons (Fsp3) is 0.150. The number of ether oxygens (including phenoxy) is 1. The molecule has 0 fully saturated rings. The summed E-state index contributed by atoms with van der Waals surface area (Å²) in [6, 6.07) is 10.9. The molecule has 0 bridgehead atoms. The summed E-state index contributed by atoms with van der Waals surface area (Å²) in [7, 11) is 0. The zero-order valence-electron chi connectivity index (χ0n) is 14.6. The standard InChI is InChI=1S/C20H20N4O2/c1-3-12-26-18-7-5-4-6-17(18)20(25)23-14-16-8-9-22-19(13-16)24-11-10-21-15(24)2/h3-11,13H,1,12,14H2,2H3,(H,23,25). The van der Waals surface area contributed by atoms with Gasteiger partial charge in [0.25, 0.3) is 5.91 Å². The van der Waals surface area contributed by atoms with E-state index in [2.05, 4.69) is 21.9 Å². The maximum Gasteiger partial charge on any atom is 0.255 e. The van der Waals surface area contributed by atoms with Crippen LogP contribution in [0.3, 0.4) is 0 Å². The number of aromatic nitrogens is 3. The average molecular weight is 348 g/mol. The minimum Gasteiger partial charge on any atom is -0.489 e. The lowest BCUT2D eigenvalue weighted by Gasteiger charge is -2.11. The second kappa shape index (κ2) is 8.11. The number of amides is 1. The largest absolute Gasteiger partial charge is 0.489 e. The van der Waals surface area contributed by atoms with Crippen molar-refractivity contribution in [3.8, 4) is 11.6 Å². The number of nitrogens with zero attached hydrogens (tertiary/aromatic N) is 3. The van der Waals surface area contributed by atoms with Gasteiger partial charge in [0.1, 0.15) is 24.0 Å². The van der Waals surface area contributed by atoms with Crippen molar-refractivity contribution in [2.75, 3.05) is 6.61 Å². The third kappa shape index (κ3) is 3.97. The summed E-state index contributed by atoms with van der Waals surface area (Å²) in [5.74, 6) is 1.96. The van der Waals surface area contributed by atoms with Gasteiger partial charge in [-0.25, -0.2) is 9.97 Å². The van der Waals surface area contributed by atoms with Gasteiger partial charge in [-0.1, -0.05) is 24.8 Å². The van der Waals surface area contributed by atoms with E-state index in [4.69, 9.17) is 4.74 Å². The molecule has 0 radical (unpaired) electrons. The maximum atomic E-state index is 12.5. The van der Waals surface area contributed by atoms with Crippen LogP contribution in [0.5, 0.6) is 5.75 Å². The molecule has 0 spiro atoms. The Morgan fingerprint density at radius 3 is 2.88 bits per heavy atom. The molecule has 0 unspecified atom stereocenters. The Kier molecular flexibility index (Phi) is 5.43. The lowest BCUT2D eigenvalue weighted by Crippen LogP contribution is -2.23. The summed E-state index contributed by atoms with van der Waals surface area (Å²) in [6.07, 6.45) is 6.95. The Balaban J connectivity index is 1.71. The number of hydrogen-bond donors (Lipinski definition) is 1. The van der Waals surface area contributed by atoms with Crippen molar-refractivity contribution in [2.45, 2.75) is 13.5 Å². The molecule has 26 heavy (non-hydrogen) atoms. The average Bonchev–Trinajstić information content (AvgIpc) is 3.11. The van der Waals surface area contributed by atoms with Crippen LogP contribution in [-0.2, 0) is 6.54 Å². The van der Waals surface area contributed by atoms with Crippen LogP contribution >= 0.6 is 0 Å². The molecule has 6 heteroatoms. The van der Waals surface area contributed by atoms with E-state index in [0.29, 0.717) is 24.5 Å². The number of nitrogens with one attached hydrogen (secondary N) is 1. The van der Waals surface area contributed by atoms with Gasteiger partial charge in [0.05, 0.1) is 5.56 Å². The van der Waals surface area contributed by atoms with Gasteiger partial charge in [-0.15, -0.1) is 0 Å². The molecule has 1 aromatic carbocycles. The quantitative estimate of drug-likeness (QED) is 0.666. The van der Waals surface area contributed by atoms with Crippen LogP contribution in [0.25, 0.3) is 5.82 Å². The first-order chi connectivity index (χ1) is 12.7. The van der Waals surface area contributed by atoms with Crippen LogP contribution in [0.1, 0.15) is 21.7 Å². The lowest BCUT2D eigenvalue weighted by molar-refractivity contribution is 0.0947. The Bertz CT molecular complexity index is 917. The summed E-state index contributed by atoms with van der Waals surface area (Å²) < 4.78 is 7.43. The van der Waals surface area contributed by atoms with Gasteiger partial charge in [0.2, 0.25) is 0 Å². The molecular formula is C20H20N4O2. The number of aryl methyl sites for hydroxylation is 1. The number of para-hydroxylation sites is 1. The van der Waals surface area contributed by atoms with Crippen LogP contribution in [0.4, 0.5) is 0 Å².